The summed E-state index contributed by atoms with van der Waals surface area (Å²) in [5.41, 5.74) is 0.313. The minimum Gasteiger partial charge on any atom is -0.336 e. The first-order valence-electron chi connectivity index (χ1n) is 7.65. The molecule has 0 bridgehead atoms. The van der Waals surface area contributed by atoms with Gasteiger partial charge in [-0.2, -0.15) is 5.10 Å². The number of thiophene rings is 1. The normalized spacial score (nSPS) is 10.5. The average molecular weight is 393 g/mol. The van der Waals surface area contributed by atoms with E-state index in [1.807, 2.05) is 17.5 Å². The highest BCUT2D eigenvalue weighted by atomic mass is 35.5. The zero-order valence-electron chi connectivity index (χ0n) is 13.4. The van der Waals surface area contributed by atoms with Gasteiger partial charge in [-0.05, 0) is 29.6 Å². The summed E-state index contributed by atoms with van der Waals surface area (Å²) < 4.78 is 14.9. The minimum atomic E-state index is -0.630. The fraction of sp³-hybridized carbons (Fsp3) is 0.118. The number of amides is 2. The number of anilines is 1. The third-order valence-corrected chi connectivity index (χ3v) is 4.66. The molecular formula is C17H14ClFN4O2S. The number of aromatic nitrogens is 2. The lowest BCUT2D eigenvalue weighted by molar-refractivity contribution is 0.251. The Morgan fingerprint density at radius 1 is 1.23 bits per heavy atom. The van der Waals surface area contributed by atoms with Crippen molar-refractivity contribution in [3.63, 3.8) is 0 Å². The average Bonchev–Trinajstić information content (AvgIpc) is 3.14. The van der Waals surface area contributed by atoms with Gasteiger partial charge in [0.1, 0.15) is 11.5 Å². The zero-order valence-corrected chi connectivity index (χ0v) is 15.0. The molecule has 2 aromatic heterocycles. The second-order valence-electron chi connectivity index (χ2n) is 5.23. The Morgan fingerprint density at radius 3 is 2.81 bits per heavy atom. The van der Waals surface area contributed by atoms with Crippen LogP contribution in [0.25, 0.3) is 10.6 Å². The first-order chi connectivity index (χ1) is 12.5. The molecule has 3 aromatic rings. The molecule has 0 atom stereocenters. The van der Waals surface area contributed by atoms with Crippen LogP contribution in [0.2, 0.25) is 5.02 Å². The van der Waals surface area contributed by atoms with Crippen LogP contribution in [-0.4, -0.2) is 22.4 Å². The van der Waals surface area contributed by atoms with Gasteiger partial charge in [-0.25, -0.2) is 13.9 Å². The Balaban J connectivity index is 1.60. The molecule has 1 aromatic carbocycles. The SMILES string of the molecule is O=C(NCCn1nc(-c2cccs2)ccc1=O)Nc1c(F)cccc1Cl. The molecule has 9 heteroatoms. The Morgan fingerprint density at radius 2 is 2.08 bits per heavy atom. The molecule has 0 aliphatic heterocycles. The van der Waals surface area contributed by atoms with E-state index in [-0.39, 0.29) is 29.4 Å². The second-order valence-corrected chi connectivity index (χ2v) is 6.59. The van der Waals surface area contributed by atoms with E-state index >= 15 is 0 Å². The molecule has 2 heterocycles. The van der Waals surface area contributed by atoms with Crippen LogP contribution < -0.4 is 16.2 Å². The van der Waals surface area contributed by atoms with Crippen molar-refractivity contribution in [3.05, 3.63) is 69.0 Å². The lowest BCUT2D eigenvalue weighted by Crippen LogP contribution is -2.34. The molecule has 0 unspecified atom stereocenters. The van der Waals surface area contributed by atoms with Crippen LogP contribution in [-0.2, 0) is 6.54 Å². The van der Waals surface area contributed by atoms with Crippen molar-refractivity contribution in [1.82, 2.24) is 15.1 Å². The van der Waals surface area contributed by atoms with E-state index in [1.54, 1.807) is 6.07 Å². The van der Waals surface area contributed by atoms with E-state index in [9.17, 15) is 14.0 Å². The van der Waals surface area contributed by atoms with Gasteiger partial charge in [0.15, 0.2) is 0 Å². The highest BCUT2D eigenvalue weighted by Gasteiger charge is 2.10. The summed E-state index contributed by atoms with van der Waals surface area (Å²) in [6, 6.07) is 10.4. The molecule has 3 rings (SSSR count). The van der Waals surface area contributed by atoms with Crippen LogP contribution >= 0.6 is 22.9 Å². The van der Waals surface area contributed by atoms with Gasteiger partial charge < -0.3 is 10.6 Å². The fourth-order valence-corrected chi connectivity index (χ4v) is 3.12. The number of hydrogen-bond acceptors (Lipinski definition) is 4. The highest BCUT2D eigenvalue weighted by molar-refractivity contribution is 7.13. The lowest BCUT2D eigenvalue weighted by Gasteiger charge is -2.10. The van der Waals surface area contributed by atoms with Gasteiger partial charge in [0.05, 0.1) is 22.1 Å². The summed E-state index contributed by atoms with van der Waals surface area (Å²) in [5, 5.41) is 11.2. The number of nitrogens with zero attached hydrogens (tertiary/aromatic N) is 2. The molecule has 0 radical (unpaired) electrons. The molecule has 2 amide bonds. The standard InChI is InChI=1S/C17H14ClFN4O2S/c18-11-3-1-4-12(19)16(11)21-17(25)20-8-9-23-15(24)7-6-13(22-23)14-5-2-10-26-14/h1-7,10H,8-9H2,(H2,20,21,25). The number of halogens is 2. The molecule has 0 saturated heterocycles. The predicted molar refractivity (Wildman–Crippen MR) is 100 cm³/mol. The maximum atomic E-state index is 13.6. The molecule has 0 aliphatic carbocycles. The van der Waals surface area contributed by atoms with E-state index < -0.39 is 11.8 Å². The molecule has 6 nitrogen and oxygen atoms in total. The summed E-state index contributed by atoms with van der Waals surface area (Å²) in [5.74, 6) is -0.630. The van der Waals surface area contributed by atoms with E-state index in [0.717, 1.165) is 4.88 Å². The van der Waals surface area contributed by atoms with Crippen molar-refractivity contribution in [2.45, 2.75) is 6.54 Å². The van der Waals surface area contributed by atoms with Crippen molar-refractivity contribution in [2.24, 2.45) is 0 Å². The predicted octanol–water partition coefficient (Wildman–Crippen LogP) is 3.59. The number of rotatable bonds is 5. The largest absolute Gasteiger partial charge is 0.336 e. The van der Waals surface area contributed by atoms with Gasteiger partial charge >= 0.3 is 6.03 Å². The van der Waals surface area contributed by atoms with Gasteiger partial charge in [0.2, 0.25) is 0 Å². The highest BCUT2D eigenvalue weighted by Crippen LogP contribution is 2.24. The molecule has 0 spiro atoms. The third-order valence-electron chi connectivity index (χ3n) is 3.45. The van der Waals surface area contributed by atoms with Gasteiger partial charge in [-0.1, -0.05) is 23.7 Å². The first-order valence-corrected chi connectivity index (χ1v) is 8.91. The number of urea groups is 1. The number of carbonyl (C=O) groups is 1. The van der Waals surface area contributed by atoms with E-state index in [1.165, 1.54) is 40.3 Å². The van der Waals surface area contributed by atoms with Crippen LogP contribution in [0.3, 0.4) is 0 Å². The lowest BCUT2D eigenvalue weighted by atomic mass is 10.3. The van der Waals surface area contributed by atoms with E-state index in [0.29, 0.717) is 5.69 Å². The maximum Gasteiger partial charge on any atom is 0.319 e. The Bertz CT molecular complexity index is 955. The molecule has 0 aliphatic rings. The zero-order chi connectivity index (χ0) is 18.5. The van der Waals surface area contributed by atoms with Crippen molar-refractivity contribution in [1.29, 1.82) is 0 Å². The van der Waals surface area contributed by atoms with Crippen LogP contribution in [0.15, 0.2) is 52.6 Å². The fourth-order valence-electron chi connectivity index (χ4n) is 2.22. The number of carbonyl (C=O) groups excluding carboxylic acids is 1. The quantitative estimate of drug-likeness (QED) is 0.696. The number of hydrogen-bond donors (Lipinski definition) is 2. The van der Waals surface area contributed by atoms with Crippen LogP contribution in [0.1, 0.15) is 0 Å². The summed E-state index contributed by atoms with van der Waals surface area (Å²) in [6.45, 7) is 0.315. The monoisotopic (exact) mass is 392 g/mol. The van der Waals surface area contributed by atoms with E-state index in [4.69, 9.17) is 11.6 Å². The Hall–Kier alpha value is -2.71. The molecular weight excluding hydrogens is 379 g/mol. The maximum absolute atomic E-state index is 13.6. The van der Waals surface area contributed by atoms with E-state index in [2.05, 4.69) is 15.7 Å². The van der Waals surface area contributed by atoms with Crippen LogP contribution in [0, 0.1) is 5.82 Å². The second kappa shape index (κ2) is 8.11. The minimum absolute atomic E-state index is 0.0957. The summed E-state index contributed by atoms with van der Waals surface area (Å²) in [4.78, 5) is 24.7. The summed E-state index contributed by atoms with van der Waals surface area (Å²) >= 11 is 7.37. The smallest absolute Gasteiger partial charge is 0.319 e. The van der Waals surface area contributed by atoms with Crippen LogP contribution in [0.5, 0.6) is 0 Å². The van der Waals surface area contributed by atoms with Crippen LogP contribution in [0.4, 0.5) is 14.9 Å². The van der Waals surface area contributed by atoms with Gasteiger partial charge in [0, 0.05) is 12.6 Å². The molecule has 26 heavy (non-hydrogen) atoms. The summed E-state index contributed by atoms with van der Waals surface area (Å²) in [7, 11) is 0. The van der Waals surface area contributed by atoms with Crippen molar-refractivity contribution in [3.8, 4) is 10.6 Å². The number of para-hydroxylation sites is 1. The Labute approximate surface area is 157 Å². The number of nitrogens with one attached hydrogen (secondary N) is 2. The summed E-state index contributed by atoms with van der Waals surface area (Å²) in [6.07, 6.45) is 0. The van der Waals surface area contributed by atoms with Crippen molar-refractivity contribution in [2.75, 3.05) is 11.9 Å². The molecule has 2 N–H and O–H groups in total. The Kier molecular flexibility index (Phi) is 5.65. The van der Waals surface area contributed by atoms with Gasteiger partial charge in [0.25, 0.3) is 5.56 Å². The molecule has 134 valence electrons. The van der Waals surface area contributed by atoms with Gasteiger partial charge in [-0.3, -0.25) is 4.79 Å². The van der Waals surface area contributed by atoms with Gasteiger partial charge in [-0.15, -0.1) is 11.3 Å². The van der Waals surface area contributed by atoms with Crippen molar-refractivity contribution >= 4 is 34.7 Å². The molecule has 0 fully saturated rings. The third kappa shape index (κ3) is 4.27. The first kappa shape index (κ1) is 18.1. The number of benzene rings is 1. The molecule has 0 saturated carbocycles. The van der Waals surface area contributed by atoms with Crippen molar-refractivity contribution < 1.29 is 9.18 Å². The topological polar surface area (TPSA) is 76.0 Å².